The second kappa shape index (κ2) is 6.24. The summed E-state index contributed by atoms with van der Waals surface area (Å²) in [5.74, 6) is 1.76. The molecular formula is C16H24N4O. The van der Waals surface area contributed by atoms with Gasteiger partial charge in [0.15, 0.2) is 5.82 Å². The van der Waals surface area contributed by atoms with Crippen molar-refractivity contribution in [1.29, 1.82) is 0 Å². The standard InChI is InChI=1S/C16H24N4O/c1-5-7-13-19-14-15(11(3)12(4)18-16(14)17)20(13)9-6-8-10(2)21/h5-9H2,1-4H3,(H2,17,18). The van der Waals surface area contributed by atoms with Crippen molar-refractivity contribution >= 4 is 22.6 Å². The van der Waals surface area contributed by atoms with Crippen LogP contribution in [0.3, 0.4) is 0 Å². The monoisotopic (exact) mass is 288 g/mol. The van der Waals surface area contributed by atoms with Crippen molar-refractivity contribution < 1.29 is 4.79 Å². The number of carbonyl (C=O) groups excluding carboxylic acids is 1. The molecule has 0 aromatic carbocycles. The molecule has 5 nitrogen and oxygen atoms in total. The van der Waals surface area contributed by atoms with Crippen LogP contribution in [0.15, 0.2) is 0 Å². The van der Waals surface area contributed by atoms with Gasteiger partial charge in [0.1, 0.15) is 17.1 Å². The molecule has 2 N–H and O–H groups in total. The van der Waals surface area contributed by atoms with Gasteiger partial charge in [0.2, 0.25) is 0 Å². The number of aryl methyl sites for hydroxylation is 4. The summed E-state index contributed by atoms with van der Waals surface area (Å²) in [6, 6.07) is 0. The van der Waals surface area contributed by atoms with E-state index in [-0.39, 0.29) is 5.78 Å². The van der Waals surface area contributed by atoms with E-state index < -0.39 is 0 Å². The Balaban J connectivity index is 2.52. The van der Waals surface area contributed by atoms with Gasteiger partial charge in [-0.05, 0) is 39.2 Å². The Kier molecular flexibility index (Phi) is 4.60. The molecule has 0 unspecified atom stereocenters. The number of carbonyl (C=O) groups is 1. The van der Waals surface area contributed by atoms with Crippen molar-refractivity contribution in [3.63, 3.8) is 0 Å². The molecule has 0 saturated heterocycles. The second-order valence-electron chi connectivity index (χ2n) is 5.64. The Hall–Kier alpha value is -1.91. The molecule has 0 radical (unpaired) electrons. The van der Waals surface area contributed by atoms with Gasteiger partial charge in [-0.15, -0.1) is 0 Å². The number of fused-ring (bicyclic) bond motifs is 1. The van der Waals surface area contributed by atoms with Gasteiger partial charge in [0.05, 0.1) is 5.52 Å². The number of anilines is 1. The number of ketones is 1. The maximum absolute atomic E-state index is 11.2. The minimum Gasteiger partial charge on any atom is -0.382 e. The summed E-state index contributed by atoms with van der Waals surface area (Å²) in [6.45, 7) is 8.60. The molecule has 0 aliphatic rings. The quantitative estimate of drug-likeness (QED) is 0.887. The first-order valence-electron chi connectivity index (χ1n) is 7.56. The van der Waals surface area contributed by atoms with Crippen molar-refractivity contribution in [2.45, 2.75) is 59.9 Å². The zero-order chi connectivity index (χ0) is 15.6. The summed E-state index contributed by atoms with van der Waals surface area (Å²) >= 11 is 0. The van der Waals surface area contributed by atoms with E-state index in [1.54, 1.807) is 6.92 Å². The van der Waals surface area contributed by atoms with Crippen LogP contribution in [0.1, 0.15) is 50.2 Å². The van der Waals surface area contributed by atoms with Gasteiger partial charge < -0.3 is 15.1 Å². The highest BCUT2D eigenvalue weighted by Gasteiger charge is 2.16. The minimum atomic E-state index is 0.227. The van der Waals surface area contributed by atoms with Crippen LogP contribution < -0.4 is 5.73 Å². The lowest BCUT2D eigenvalue weighted by Crippen LogP contribution is -2.07. The van der Waals surface area contributed by atoms with E-state index in [0.29, 0.717) is 12.2 Å². The second-order valence-corrected chi connectivity index (χ2v) is 5.64. The number of imidazole rings is 1. The minimum absolute atomic E-state index is 0.227. The molecule has 2 heterocycles. The molecule has 114 valence electrons. The summed E-state index contributed by atoms with van der Waals surface area (Å²) in [6.07, 6.45) is 3.37. The maximum Gasteiger partial charge on any atom is 0.151 e. The van der Waals surface area contributed by atoms with Gasteiger partial charge in [-0.1, -0.05) is 6.92 Å². The van der Waals surface area contributed by atoms with Crippen LogP contribution in [0, 0.1) is 13.8 Å². The lowest BCUT2D eigenvalue weighted by Gasteiger charge is -2.11. The van der Waals surface area contributed by atoms with Crippen LogP contribution in [-0.4, -0.2) is 20.3 Å². The van der Waals surface area contributed by atoms with Crippen LogP contribution in [0.25, 0.3) is 11.0 Å². The van der Waals surface area contributed by atoms with Crippen LogP contribution in [-0.2, 0) is 17.8 Å². The molecule has 0 aliphatic heterocycles. The molecule has 5 heteroatoms. The number of rotatable bonds is 6. The molecule has 0 spiro atoms. The third-order valence-corrected chi connectivity index (χ3v) is 3.86. The fraction of sp³-hybridized carbons (Fsp3) is 0.562. The number of Topliss-reactive ketones (excluding diaryl/α,β-unsaturated/α-hetero) is 1. The third kappa shape index (κ3) is 3.06. The highest BCUT2D eigenvalue weighted by Crippen LogP contribution is 2.27. The molecule has 0 amide bonds. The molecule has 21 heavy (non-hydrogen) atoms. The van der Waals surface area contributed by atoms with Gasteiger partial charge in [-0.3, -0.25) is 0 Å². The number of nitrogens with zero attached hydrogens (tertiary/aromatic N) is 3. The Labute approximate surface area is 125 Å². The van der Waals surface area contributed by atoms with E-state index in [1.807, 2.05) is 6.92 Å². The molecule has 2 aromatic rings. The molecular weight excluding hydrogens is 264 g/mol. The van der Waals surface area contributed by atoms with E-state index in [2.05, 4.69) is 23.4 Å². The predicted molar refractivity (Wildman–Crippen MR) is 85.3 cm³/mol. The van der Waals surface area contributed by atoms with E-state index in [0.717, 1.165) is 53.9 Å². The number of aromatic nitrogens is 3. The first kappa shape index (κ1) is 15.5. The average molecular weight is 288 g/mol. The van der Waals surface area contributed by atoms with E-state index in [4.69, 9.17) is 10.7 Å². The van der Waals surface area contributed by atoms with Gasteiger partial charge in [-0.25, -0.2) is 9.97 Å². The van der Waals surface area contributed by atoms with Crippen LogP contribution in [0.5, 0.6) is 0 Å². The molecule has 0 atom stereocenters. The van der Waals surface area contributed by atoms with Crippen molar-refractivity contribution in [2.75, 3.05) is 5.73 Å². The van der Waals surface area contributed by atoms with Gasteiger partial charge in [0, 0.05) is 25.1 Å². The molecule has 2 rings (SSSR count). The summed E-state index contributed by atoms with van der Waals surface area (Å²) in [5, 5.41) is 0. The van der Waals surface area contributed by atoms with E-state index in [9.17, 15) is 4.79 Å². The normalized spacial score (nSPS) is 11.2. The van der Waals surface area contributed by atoms with Gasteiger partial charge in [0.25, 0.3) is 0 Å². The van der Waals surface area contributed by atoms with Crippen molar-refractivity contribution in [2.24, 2.45) is 0 Å². The fourth-order valence-electron chi connectivity index (χ4n) is 2.69. The van der Waals surface area contributed by atoms with Gasteiger partial charge in [-0.2, -0.15) is 0 Å². The number of hydrogen-bond acceptors (Lipinski definition) is 4. The maximum atomic E-state index is 11.2. The zero-order valence-electron chi connectivity index (χ0n) is 13.4. The van der Waals surface area contributed by atoms with Gasteiger partial charge >= 0.3 is 0 Å². The Morgan fingerprint density at radius 2 is 2.00 bits per heavy atom. The SMILES string of the molecule is CCCc1nc2c(N)nc(C)c(C)c2n1CCCC(C)=O. The number of nitrogens with two attached hydrogens (primary N) is 1. The topological polar surface area (TPSA) is 73.8 Å². The summed E-state index contributed by atoms with van der Waals surface area (Å²) in [5.41, 5.74) is 9.97. The Bertz CT molecular complexity index is 673. The lowest BCUT2D eigenvalue weighted by molar-refractivity contribution is -0.117. The smallest absolute Gasteiger partial charge is 0.151 e. The van der Waals surface area contributed by atoms with Crippen molar-refractivity contribution in [1.82, 2.24) is 14.5 Å². The number of hydrogen-bond donors (Lipinski definition) is 1. The largest absolute Gasteiger partial charge is 0.382 e. The summed E-state index contributed by atoms with van der Waals surface area (Å²) in [4.78, 5) is 20.2. The number of nitrogen functional groups attached to an aromatic ring is 1. The Morgan fingerprint density at radius 3 is 2.62 bits per heavy atom. The molecule has 0 aliphatic carbocycles. The van der Waals surface area contributed by atoms with Crippen molar-refractivity contribution in [3.8, 4) is 0 Å². The van der Waals surface area contributed by atoms with Crippen LogP contribution in [0.2, 0.25) is 0 Å². The first-order chi connectivity index (χ1) is 9.95. The Morgan fingerprint density at radius 1 is 1.29 bits per heavy atom. The highest BCUT2D eigenvalue weighted by atomic mass is 16.1. The zero-order valence-corrected chi connectivity index (χ0v) is 13.4. The van der Waals surface area contributed by atoms with Crippen LogP contribution >= 0.6 is 0 Å². The van der Waals surface area contributed by atoms with Crippen LogP contribution in [0.4, 0.5) is 5.82 Å². The first-order valence-corrected chi connectivity index (χ1v) is 7.56. The lowest BCUT2D eigenvalue weighted by atomic mass is 10.1. The van der Waals surface area contributed by atoms with E-state index in [1.165, 1.54) is 0 Å². The molecule has 0 fully saturated rings. The van der Waals surface area contributed by atoms with Crippen molar-refractivity contribution in [3.05, 3.63) is 17.1 Å². The highest BCUT2D eigenvalue weighted by molar-refractivity contribution is 5.88. The van der Waals surface area contributed by atoms with E-state index >= 15 is 0 Å². The summed E-state index contributed by atoms with van der Waals surface area (Å²) in [7, 11) is 0. The molecule has 2 aromatic heterocycles. The fourth-order valence-corrected chi connectivity index (χ4v) is 2.69. The number of pyridine rings is 1. The molecule has 0 bridgehead atoms. The predicted octanol–water partition coefficient (Wildman–Crippen LogP) is 2.95. The third-order valence-electron chi connectivity index (χ3n) is 3.86. The summed E-state index contributed by atoms with van der Waals surface area (Å²) < 4.78 is 2.22. The average Bonchev–Trinajstić information content (AvgIpc) is 2.76. The molecule has 0 saturated carbocycles.